The average Bonchev–Trinajstić information content (AvgIpc) is 2.43. The first-order valence-corrected chi connectivity index (χ1v) is 8.56. The van der Waals surface area contributed by atoms with Crippen molar-refractivity contribution < 1.29 is 4.74 Å². The molecule has 2 nitrogen and oxygen atoms in total. The third-order valence-corrected chi connectivity index (χ3v) is 4.79. The maximum absolute atomic E-state index is 6.33. The summed E-state index contributed by atoms with van der Waals surface area (Å²) in [6, 6.07) is 0. The number of hydrogen-bond acceptors (Lipinski definition) is 2. The molecular weight excluding hydrogens is 234 g/mol. The smallest absolute Gasteiger partial charge is 0.0621 e. The number of ether oxygens (including phenoxy) is 1. The van der Waals surface area contributed by atoms with E-state index in [0.29, 0.717) is 18.1 Å². The van der Waals surface area contributed by atoms with E-state index < -0.39 is 0 Å². The van der Waals surface area contributed by atoms with Gasteiger partial charge in [-0.15, -0.1) is 0 Å². The molecule has 0 aliphatic heterocycles. The molecule has 0 spiro atoms. The second-order valence-corrected chi connectivity index (χ2v) is 6.42. The monoisotopic (exact) mass is 269 g/mol. The molecule has 114 valence electrons. The Morgan fingerprint density at radius 2 is 1.95 bits per heavy atom. The lowest BCUT2D eigenvalue weighted by Gasteiger charge is -2.36. The summed E-state index contributed by atoms with van der Waals surface area (Å²) in [4.78, 5) is 0. The third kappa shape index (κ3) is 6.27. The van der Waals surface area contributed by atoms with Crippen LogP contribution >= 0.6 is 0 Å². The summed E-state index contributed by atoms with van der Waals surface area (Å²) in [7, 11) is 0. The third-order valence-electron chi connectivity index (χ3n) is 4.79. The number of rotatable bonds is 9. The first-order valence-electron chi connectivity index (χ1n) is 8.56. The van der Waals surface area contributed by atoms with Crippen molar-refractivity contribution in [3.8, 4) is 0 Å². The molecule has 0 aromatic rings. The van der Waals surface area contributed by atoms with E-state index in [9.17, 15) is 0 Å². The van der Waals surface area contributed by atoms with Crippen LogP contribution in [0, 0.1) is 11.8 Å². The number of unbranched alkanes of at least 4 members (excludes halogenated alkanes) is 3. The zero-order valence-electron chi connectivity index (χ0n) is 13.4. The predicted molar refractivity (Wildman–Crippen MR) is 83.3 cm³/mol. The fourth-order valence-corrected chi connectivity index (χ4v) is 3.31. The quantitative estimate of drug-likeness (QED) is 0.625. The summed E-state index contributed by atoms with van der Waals surface area (Å²) in [6.45, 7) is 7.61. The van der Waals surface area contributed by atoms with Crippen molar-refractivity contribution in [2.75, 3.05) is 6.54 Å². The van der Waals surface area contributed by atoms with Crippen LogP contribution in [0.3, 0.4) is 0 Å². The van der Waals surface area contributed by atoms with E-state index in [1.165, 1.54) is 57.8 Å². The molecule has 4 unspecified atom stereocenters. The Morgan fingerprint density at radius 3 is 2.58 bits per heavy atom. The Bertz CT molecular complexity index is 219. The van der Waals surface area contributed by atoms with Gasteiger partial charge < -0.3 is 10.5 Å². The van der Waals surface area contributed by atoms with E-state index in [4.69, 9.17) is 10.5 Å². The molecule has 0 aromatic heterocycles. The normalized spacial score (nSPS) is 29.4. The second kappa shape index (κ2) is 9.77. The van der Waals surface area contributed by atoms with Gasteiger partial charge in [-0.3, -0.25) is 0 Å². The van der Waals surface area contributed by atoms with E-state index >= 15 is 0 Å². The molecule has 0 heterocycles. The van der Waals surface area contributed by atoms with Crippen molar-refractivity contribution in [2.45, 2.75) is 90.8 Å². The van der Waals surface area contributed by atoms with Gasteiger partial charge in [-0.1, -0.05) is 46.0 Å². The van der Waals surface area contributed by atoms with E-state index in [-0.39, 0.29) is 0 Å². The first kappa shape index (κ1) is 17.0. The van der Waals surface area contributed by atoms with Crippen molar-refractivity contribution in [3.63, 3.8) is 0 Å². The average molecular weight is 269 g/mol. The maximum atomic E-state index is 6.33. The molecule has 0 saturated heterocycles. The Labute approximate surface area is 120 Å². The second-order valence-electron chi connectivity index (χ2n) is 6.42. The predicted octanol–water partition coefficient (Wildman–Crippen LogP) is 4.52. The summed E-state index contributed by atoms with van der Waals surface area (Å²) in [5, 5.41) is 0. The molecule has 2 N–H and O–H groups in total. The molecule has 1 fully saturated rings. The summed E-state index contributed by atoms with van der Waals surface area (Å²) >= 11 is 0. The first-order chi connectivity index (χ1) is 9.21. The fraction of sp³-hybridized carbons (Fsp3) is 1.00. The van der Waals surface area contributed by atoms with Gasteiger partial charge in [0.05, 0.1) is 12.2 Å². The molecule has 0 bridgehead atoms. The summed E-state index contributed by atoms with van der Waals surface area (Å²) in [5.41, 5.74) is 5.92. The molecule has 2 heteroatoms. The molecule has 4 atom stereocenters. The Kier molecular flexibility index (Phi) is 8.72. The standard InChI is InChI=1S/C17H35NO/c1-4-6-7-8-9-14(3)19-17-12-15(5-2)10-11-16(17)13-18/h14-17H,4-13,18H2,1-3H3. The van der Waals surface area contributed by atoms with Crippen LogP contribution in [0.25, 0.3) is 0 Å². The van der Waals surface area contributed by atoms with Gasteiger partial charge in [0.1, 0.15) is 0 Å². The summed E-state index contributed by atoms with van der Waals surface area (Å²) < 4.78 is 6.33. The van der Waals surface area contributed by atoms with Crippen LogP contribution in [0.5, 0.6) is 0 Å². The van der Waals surface area contributed by atoms with Crippen LogP contribution in [-0.2, 0) is 4.74 Å². The maximum Gasteiger partial charge on any atom is 0.0621 e. The van der Waals surface area contributed by atoms with Gasteiger partial charge in [0.2, 0.25) is 0 Å². The van der Waals surface area contributed by atoms with E-state index in [2.05, 4.69) is 20.8 Å². The van der Waals surface area contributed by atoms with Crippen LogP contribution in [0.2, 0.25) is 0 Å². The van der Waals surface area contributed by atoms with Crippen molar-refractivity contribution >= 4 is 0 Å². The highest BCUT2D eigenvalue weighted by Gasteiger charge is 2.30. The molecule has 19 heavy (non-hydrogen) atoms. The van der Waals surface area contributed by atoms with Crippen LogP contribution in [0.1, 0.15) is 78.6 Å². The van der Waals surface area contributed by atoms with E-state index in [1.54, 1.807) is 0 Å². The largest absolute Gasteiger partial charge is 0.375 e. The highest BCUT2D eigenvalue weighted by atomic mass is 16.5. The Morgan fingerprint density at radius 1 is 1.16 bits per heavy atom. The Hall–Kier alpha value is -0.0800. The Balaban J connectivity index is 2.30. The number of nitrogens with two attached hydrogens (primary N) is 1. The van der Waals surface area contributed by atoms with Gasteiger partial charge in [-0.25, -0.2) is 0 Å². The van der Waals surface area contributed by atoms with Crippen molar-refractivity contribution in [2.24, 2.45) is 17.6 Å². The van der Waals surface area contributed by atoms with Crippen molar-refractivity contribution in [3.05, 3.63) is 0 Å². The molecular formula is C17H35NO. The van der Waals surface area contributed by atoms with Gasteiger partial charge in [-0.2, -0.15) is 0 Å². The van der Waals surface area contributed by atoms with Gasteiger partial charge in [0.15, 0.2) is 0 Å². The fourth-order valence-electron chi connectivity index (χ4n) is 3.31. The molecule has 1 aliphatic rings. The minimum absolute atomic E-state index is 0.409. The summed E-state index contributed by atoms with van der Waals surface area (Å²) in [5.74, 6) is 1.46. The SMILES string of the molecule is CCCCCCC(C)OC1CC(CC)CCC1CN. The lowest BCUT2D eigenvalue weighted by Crippen LogP contribution is -2.38. The summed E-state index contributed by atoms with van der Waals surface area (Å²) in [6.07, 6.45) is 12.5. The van der Waals surface area contributed by atoms with Crippen LogP contribution < -0.4 is 5.73 Å². The van der Waals surface area contributed by atoms with Gasteiger partial charge in [0.25, 0.3) is 0 Å². The minimum atomic E-state index is 0.409. The lowest BCUT2D eigenvalue weighted by atomic mass is 9.78. The molecule has 0 amide bonds. The van der Waals surface area contributed by atoms with Crippen molar-refractivity contribution in [1.82, 2.24) is 0 Å². The van der Waals surface area contributed by atoms with Crippen LogP contribution in [-0.4, -0.2) is 18.8 Å². The zero-order chi connectivity index (χ0) is 14.1. The molecule has 0 aromatic carbocycles. The highest BCUT2D eigenvalue weighted by molar-refractivity contribution is 4.81. The minimum Gasteiger partial charge on any atom is -0.375 e. The van der Waals surface area contributed by atoms with E-state index in [1.807, 2.05) is 0 Å². The van der Waals surface area contributed by atoms with Crippen LogP contribution in [0.4, 0.5) is 0 Å². The zero-order valence-corrected chi connectivity index (χ0v) is 13.4. The van der Waals surface area contributed by atoms with Gasteiger partial charge in [0, 0.05) is 0 Å². The highest BCUT2D eigenvalue weighted by Crippen LogP contribution is 2.33. The van der Waals surface area contributed by atoms with Crippen molar-refractivity contribution in [1.29, 1.82) is 0 Å². The molecule has 0 radical (unpaired) electrons. The molecule has 1 rings (SSSR count). The van der Waals surface area contributed by atoms with E-state index in [0.717, 1.165) is 12.5 Å². The molecule has 1 saturated carbocycles. The lowest BCUT2D eigenvalue weighted by molar-refractivity contribution is -0.0652. The topological polar surface area (TPSA) is 35.2 Å². The number of hydrogen-bond donors (Lipinski definition) is 1. The van der Waals surface area contributed by atoms with Gasteiger partial charge >= 0.3 is 0 Å². The van der Waals surface area contributed by atoms with Gasteiger partial charge in [-0.05, 0) is 51.0 Å². The van der Waals surface area contributed by atoms with Crippen LogP contribution in [0.15, 0.2) is 0 Å². The molecule has 1 aliphatic carbocycles.